The molecule has 0 radical (unpaired) electrons. The molecule has 2 rings (SSSR count). The van der Waals surface area contributed by atoms with Gasteiger partial charge in [-0.1, -0.05) is 5.10 Å². The highest BCUT2D eigenvalue weighted by Gasteiger charge is 2.10. The topological polar surface area (TPSA) is 60.2 Å². The molecule has 5 nitrogen and oxygen atoms in total. The van der Waals surface area contributed by atoms with E-state index in [1.165, 1.54) is 19.2 Å². The Morgan fingerprint density at radius 3 is 2.81 bits per heavy atom. The van der Waals surface area contributed by atoms with E-state index in [1.807, 2.05) is 0 Å². The second-order valence-corrected chi connectivity index (χ2v) is 3.01. The third-order valence-electron chi connectivity index (χ3n) is 2.04. The van der Waals surface area contributed by atoms with Crippen LogP contribution in [0, 0.1) is 5.82 Å². The van der Waals surface area contributed by atoms with Crippen LogP contribution in [0.3, 0.4) is 0 Å². The minimum absolute atomic E-state index is 0.140. The Labute approximate surface area is 91.2 Å². The van der Waals surface area contributed by atoms with E-state index in [9.17, 15) is 4.39 Å². The van der Waals surface area contributed by atoms with Crippen LogP contribution in [0.2, 0.25) is 0 Å². The molecular weight excluding hydrogens is 213 g/mol. The molecule has 0 atom stereocenters. The van der Waals surface area contributed by atoms with E-state index in [0.29, 0.717) is 17.5 Å². The van der Waals surface area contributed by atoms with Crippen molar-refractivity contribution in [3.05, 3.63) is 24.0 Å². The number of hydrogen-bond acceptors (Lipinski definition) is 5. The molecule has 84 valence electrons. The Balaban J connectivity index is 2.40. The number of anilines is 1. The van der Waals surface area contributed by atoms with Gasteiger partial charge in [0.1, 0.15) is 0 Å². The maximum atomic E-state index is 13.2. The maximum absolute atomic E-state index is 13.2. The van der Waals surface area contributed by atoms with Gasteiger partial charge in [-0.2, -0.15) is 0 Å². The van der Waals surface area contributed by atoms with E-state index in [-0.39, 0.29) is 5.75 Å². The van der Waals surface area contributed by atoms with Gasteiger partial charge in [-0.25, -0.2) is 4.39 Å². The van der Waals surface area contributed by atoms with Crippen molar-refractivity contribution >= 4 is 6.01 Å². The van der Waals surface area contributed by atoms with Crippen LogP contribution in [0.25, 0.3) is 11.5 Å². The van der Waals surface area contributed by atoms with E-state index in [0.717, 1.165) is 0 Å². The Hall–Kier alpha value is -2.11. The zero-order valence-electron chi connectivity index (χ0n) is 8.82. The summed E-state index contributed by atoms with van der Waals surface area (Å²) in [6, 6.07) is 4.64. The standard InChI is InChI=1S/C10H10FN3O2/c1-12-10-14-13-9(16-10)6-3-4-7(11)8(5-6)15-2/h3-5H,1-2H3,(H,12,14). The highest BCUT2D eigenvalue weighted by atomic mass is 19.1. The van der Waals surface area contributed by atoms with Crippen molar-refractivity contribution in [2.24, 2.45) is 0 Å². The fourth-order valence-electron chi connectivity index (χ4n) is 1.23. The molecule has 1 aromatic heterocycles. The smallest absolute Gasteiger partial charge is 0.315 e. The lowest BCUT2D eigenvalue weighted by molar-refractivity contribution is 0.386. The Morgan fingerprint density at radius 2 is 2.19 bits per heavy atom. The molecule has 1 N–H and O–H groups in total. The van der Waals surface area contributed by atoms with Crippen molar-refractivity contribution in [3.8, 4) is 17.2 Å². The number of ether oxygens (including phenoxy) is 1. The molecule has 1 heterocycles. The highest BCUT2D eigenvalue weighted by molar-refractivity contribution is 5.56. The van der Waals surface area contributed by atoms with Gasteiger partial charge in [0.25, 0.3) is 0 Å². The van der Waals surface area contributed by atoms with Crippen LogP contribution < -0.4 is 10.1 Å². The van der Waals surface area contributed by atoms with Crippen LogP contribution in [0.15, 0.2) is 22.6 Å². The zero-order chi connectivity index (χ0) is 11.5. The molecule has 0 aliphatic heterocycles. The number of nitrogens with one attached hydrogen (secondary N) is 1. The summed E-state index contributed by atoms with van der Waals surface area (Å²) in [6.07, 6.45) is 0. The minimum Gasteiger partial charge on any atom is -0.494 e. The van der Waals surface area contributed by atoms with Gasteiger partial charge in [0.15, 0.2) is 11.6 Å². The van der Waals surface area contributed by atoms with Gasteiger partial charge in [-0.05, 0) is 18.2 Å². The van der Waals surface area contributed by atoms with E-state index >= 15 is 0 Å². The molecule has 0 aliphatic carbocycles. The van der Waals surface area contributed by atoms with Gasteiger partial charge in [0.2, 0.25) is 5.89 Å². The minimum atomic E-state index is -0.431. The van der Waals surface area contributed by atoms with Gasteiger partial charge in [0, 0.05) is 12.6 Å². The Morgan fingerprint density at radius 1 is 1.38 bits per heavy atom. The molecule has 1 aromatic carbocycles. The molecule has 0 aliphatic rings. The van der Waals surface area contributed by atoms with E-state index in [4.69, 9.17) is 9.15 Å². The maximum Gasteiger partial charge on any atom is 0.315 e. The second-order valence-electron chi connectivity index (χ2n) is 3.01. The first-order valence-electron chi connectivity index (χ1n) is 4.59. The van der Waals surface area contributed by atoms with Crippen molar-refractivity contribution < 1.29 is 13.5 Å². The molecule has 0 saturated heterocycles. The number of benzene rings is 1. The summed E-state index contributed by atoms with van der Waals surface area (Å²) in [5.74, 6) is 0.0176. The van der Waals surface area contributed by atoms with Crippen molar-refractivity contribution in [1.29, 1.82) is 0 Å². The summed E-state index contributed by atoms with van der Waals surface area (Å²) in [5.41, 5.74) is 0.604. The summed E-state index contributed by atoms with van der Waals surface area (Å²) in [6.45, 7) is 0. The largest absolute Gasteiger partial charge is 0.494 e. The third-order valence-corrected chi connectivity index (χ3v) is 2.04. The molecule has 0 fully saturated rings. The number of methoxy groups -OCH3 is 1. The van der Waals surface area contributed by atoms with Crippen LogP contribution >= 0.6 is 0 Å². The third kappa shape index (κ3) is 1.81. The molecule has 16 heavy (non-hydrogen) atoms. The molecule has 6 heteroatoms. The predicted octanol–water partition coefficient (Wildman–Crippen LogP) is 1.93. The molecule has 0 unspecified atom stereocenters. The lowest BCUT2D eigenvalue weighted by Gasteiger charge is -2.02. The Kier molecular flexibility index (Phi) is 2.72. The summed E-state index contributed by atoms with van der Waals surface area (Å²) < 4.78 is 23.3. The summed E-state index contributed by atoms with van der Waals surface area (Å²) in [7, 11) is 3.07. The molecule has 0 saturated carbocycles. The van der Waals surface area contributed by atoms with Gasteiger partial charge < -0.3 is 14.5 Å². The van der Waals surface area contributed by atoms with Crippen LogP contribution in [0.4, 0.5) is 10.4 Å². The van der Waals surface area contributed by atoms with Crippen molar-refractivity contribution in [3.63, 3.8) is 0 Å². The normalized spacial score (nSPS) is 10.2. The summed E-state index contributed by atoms with van der Waals surface area (Å²) in [4.78, 5) is 0. The lowest BCUT2D eigenvalue weighted by Crippen LogP contribution is -1.88. The quantitative estimate of drug-likeness (QED) is 0.861. The number of rotatable bonds is 3. The van der Waals surface area contributed by atoms with Crippen LogP contribution in [-0.2, 0) is 0 Å². The first-order chi connectivity index (χ1) is 7.74. The van der Waals surface area contributed by atoms with E-state index in [2.05, 4.69) is 15.5 Å². The van der Waals surface area contributed by atoms with E-state index < -0.39 is 5.82 Å². The van der Waals surface area contributed by atoms with Gasteiger partial charge in [0.05, 0.1) is 7.11 Å². The van der Waals surface area contributed by atoms with Gasteiger partial charge in [-0.15, -0.1) is 5.10 Å². The zero-order valence-corrected chi connectivity index (χ0v) is 8.82. The average Bonchev–Trinajstić information content (AvgIpc) is 2.78. The SMILES string of the molecule is CNc1nnc(-c2ccc(F)c(OC)c2)o1. The van der Waals surface area contributed by atoms with Crippen molar-refractivity contribution in [2.45, 2.75) is 0 Å². The number of nitrogens with zero attached hydrogens (tertiary/aromatic N) is 2. The van der Waals surface area contributed by atoms with E-state index in [1.54, 1.807) is 13.1 Å². The lowest BCUT2D eigenvalue weighted by atomic mass is 10.2. The summed E-state index contributed by atoms with van der Waals surface area (Å²) in [5, 5.41) is 10.2. The average molecular weight is 223 g/mol. The number of halogens is 1. The van der Waals surface area contributed by atoms with Gasteiger partial charge >= 0.3 is 6.01 Å². The Bertz CT molecular complexity index is 499. The fraction of sp³-hybridized carbons (Fsp3) is 0.200. The van der Waals surface area contributed by atoms with Gasteiger partial charge in [-0.3, -0.25) is 0 Å². The van der Waals surface area contributed by atoms with Crippen LogP contribution in [-0.4, -0.2) is 24.4 Å². The van der Waals surface area contributed by atoms with Crippen molar-refractivity contribution in [1.82, 2.24) is 10.2 Å². The van der Waals surface area contributed by atoms with Crippen molar-refractivity contribution in [2.75, 3.05) is 19.5 Å². The second kappa shape index (κ2) is 4.18. The number of hydrogen-bond donors (Lipinski definition) is 1. The molecule has 2 aromatic rings. The molecule has 0 bridgehead atoms. The first kappa shape index (κ1) is 10.4. The molecule has 0 amide bonds. The fourth-order valence-corrected chi connectivity index (χ4v) is 1.23. The predicted molar refractivity (Wildman–Crippen MR) is 55.8 cm³/mol. The first-order valence-corrected chi connectivity index (χ1v) is 4.59. The monoisotopic (exact) mass is 223 g/mol. The molecule has 0 spiro atoms. The van der Waals surface area contributed by atoms with Crippen LogP contribution in [0.5, 0.6) is 5.75 Å². The number of aromatic nitrogens is 2. The van der Waals surface area contributed by atoms with Crippen LogP contribution in [0.1, 0.15) is 0 Å². The highest BCUT2D eigenvalue weighted by Crippen LogP contribution is 2.26. The summed E-state index contributed by atoms with van der Waals surface area (Å²) >= 11 is 0. The molecular formula is C10H10FN3O2.